The molecular formula is C17H25NO3. The van der Waals surface area contributed by atoms with Crippen molar-refractivity contribution in [2.45, 2.75) is 45.6 Å². The minimum absolute atomic E-state index is 0.0163. The van der Waals surface area contributed by atoms with Crippen LogP contribution >= 0.6 is 0 Å². The van der Waals surface area contributed by atoms with E-state index in [4.69, 9.17) is 4.74 Å². The van der Waals surface area contributed by atoms with Gasteiger partial charge in [-0.25, -0.2) is 0 Å². The van der Waals surface area contributed by atoms with Crippen molar-refractivity contribution in [1.29, 1.82) is 0 Å². The SMILES string of the molecule is Cc1cccc(C)c1OCCC(=O)NCC1CCC(O)C1. The minimum Gasteiger partial charge on any atom is -0.493 e. The number of aliphatic hydroxyl groups excluding tert-OH is 1. The molecule has 4 heteroatoms. The smallest absolute Gasteiger partial charge is 0.223 e. The van der Waals surface area contributed by atoms with E-state index >= 15 is 0 Å². The summed E-state index contributed by atoms with van der Waals surface area (Å²) in [6.07, 6.45) is 2.85. The standard InChI is InChI=1S/C17H25NO3/c1-12-4-3-5-13(2)17(12)21-9-8-16(20)18-11-14-6-7-15(19)10-14/h3-5,14-15,19H,6-11H2,1-2H3,(H,18,20). The lowest BCUT2D eigenvalue weighted by atomic mass is 10.1. The molecule has 4 nitrogen and oxygen atoms in total. The number of hydrogen-bond donors (Lipinski definition) is 2. The number of benzene rings is 1. The molecule has 0 saturated heterocycles. The molecule has 1 aromatic carbocycles. The van der Waals surface area contributed by atoms with Gasteiger partial charge in [0.15, 0.2) is 0 Å². The van der Waals surface area contributed by atoms with Gasteiger partial charge in [-0.1, -0.05) is 18.2 Å². The topological polar surface area (TPSA) is 58.6 Å². The van der Waals surface area contributed by atoms with Gasteiger partial charge in [-0.3, -0.25) is 4.79 Å². The fourth-order valence-corrected chi connectivity index (χ4v) is 2.85. The summed E-state index contributed by atoms with van der Waals surface area (Å²) in [5.41, 5.74) is 2.19. The molecule has 116 valence electrons. The summed E-state index contributed by atoms with van der Waals surface area (Å²) in [6.45, 7) is 5.08. The van der Waals surface area contributed by atoms with Crippen LogP contribution in [0.1, 0.15) is 36.8 Å². The van der Waals surface area contributed by atoms with Crippen LogP contribution in [0.4, 0.5) is 0 Å². The number of nitrogens with one attached hydrogen (secondary N) is 1. The fraction of sp³-hybridized carbons (Fsp3) is 0.588. The summed E-state index contributed by atoms with van der Waals surface area (Å²) >= 11 is 0. The van der Waals surface area contributed by atoms with E-state index in [1.807, 2.05) is 32.0 Å². The Kier molecular flexibility index (Phi) is 5.62. The lowest BCUT2D eigenvalue weighted by Gasteiger charge is -2.13. The van der Waals surface area contributed by atoms with E-state index in [0.717, 1.165) is 36.1 Å². The molecule has 0 heterocycles. The molecule has 2 rings (SSSR count). The highest BCUT2D eigenvalue weighted by atomic mass is 16.5. The number of aliphatic hydroxyl groups is 1. The van der Waals surface area contributed by atoms with E-state index in [1.54, 1.807) is 0 Å². The monoisotopic (exact) mass is 291 g/mol. The van der Waals surface area contributed by atoms with Crippen LogP contribution in [-0.4, -0.2) is 30.3 Å². The number of aryl methyl sites for hydroxylation is 2. The Morgan fingerprint density at radius 3 is 2.67 bits per heavy atom. The number of hydrogen-bond acceptors (Lipinski definition) is 3. The molecule has 0 aromatic heterocycles. The van der Waals surface area contributed by atoms with E-state index < -0.39 is 0 Å². The van der Waals surface area contributed by atoms with Gasteiger partial charge in [0.2, 0.25) is 5.91 Å². The normalized spacial score (nSPS) is 21.3. The summed E-state index contributed by atoms with van der Waals surface area (Å²) in [4.78, 5) is 11.8. The third-order valence-corrected chi connectivity index (χ3v) is 4.09. The Morgan fingerprint density at radius 2 is 2.05 bits per heavy atom. The largest absolute Gasteiger partial charge is 0.493 e. The maximum Gasteiger partial charge on any atom is 0.223 e. The van der Waals surface area contributed by atoms with Crippen molar-refractivity contribution in [3.05, 3.63) is 29.3 Å². The molecule has 2 N–H and O–H groups in total. The second-order valence-corrected chi connectivity index (χ2v) is 5.96. The first-order valence-corrected chi connectivity index (χ1v) is 7.70. The Balaban J connectivity index is 1.67. The number of carbonyl (C=O) groups is 1. The van der Waals surface area contributed by atoms with Gasteiger partial charge in [0.05, 0.1) is 19.1 Å². The lowest BCUT2D eigenvalue weighted by Crippen LogP contribution is -2.29. The number of rotatable bonds is 6. The Hall–Kier alpha value is -1.55. The number of amides is 1. The third kappa shape index (κ3) is 4.74. The van der Waals surface area contributed by atoms with E-state index in [-0.39, 0.29) is 12.0 Å². The van der Waals surface area contributed by atoms with Crippen molar-refractivity contribution < 1.29 is 14.6 Å². The first-order valence-electron chi connectivity index (χ1n) is 7.70. The number of ether oxygens (including phenoxy) is 1. The second kappa shape index (κ2) is 7.46. The Morgan fingerprint density at radius 1 is 1.33 bits per heavy atom. The summed E-state index contributed by atoms with van der Waals surface area (Å²) in [6, 6.07) is 6.02. The van der Waals surface area contributed by atoms with Crippen molar-refractivity contribution in [1.82, 2.24) is 5.32 Å². The van der Waals surface area contributed by atoms with E-state index in [2.05, 4.69) is 5.32 Å². The zero-order chi connectivity index (χ0) is 15.2. The van der Waals surface area contributed by atoms with Crippen LogP contribution in [0.25, 0.3) is 0 Å². The first kappa shape index (κ1) is 15.8. The summed E-state index contributed by atoms with van der Waals surface area (Å²) in [7, 11) is 0. The van der Waals surface area contributed by atoms with Gasteiger partial charge >= 0.3 is 0 Å². The molecule has 1 aliphatic carbocycles. The highest BCUT2D eigenvalue weighted by Gasteiger charge is 2.22. The molecule has 0 radical (unpaired) electrons. The second-order valence-electron chi connectivity index (χ2n) is 5.96. The Labute approximate surface area is 126 Å². The van der Waals surface area contributed by atoms with Gasteiger partial charge in [0, 0.05) is 6.54 Å². The molecular weight excluding hydrogens is 266 g/mol. The average molecular weight is 291 g/mol. The van der Waals surface area contributed by atoms with Crippen molar-refractivity contribution in [3.63, 3.8) is 0 Å². The molecule has 1 saturated carbocycles. The van der Waals surface area contributed by atoms with Crippen LogP contribution in [0, 0.1) is 19.8 Å². The van der Waals surface area contributed by atoms with E-state index in [9.17, 15) is 9.90 Å². The van der Waals surface area contributed by atoms with Gasteiger partial charge in [-0.15, -0.1) is 0 Å². The van der Waals surface area contributed by atoms with E-state index in [0.29, 0.717) is 25.5 Å². The first-order chi connectivity index (χ1) is 10.1. The molecule has 1 amide bonds. The molecule has 0 spiro atoms. The fourth-order valence-electron chi connectivity index (χ4n) is 2.85. The highest BCUT2D eigenvalue weighted by molar-refractivity contribution is 5.76. The maximum absolute atomic E-state index is 11.8. The summed E-state index contributed by atoms with van der Waals surface area (Å²) in [5.74, 6) is 1.32. The summed E-state index contributed by atoms with van der Waals surface area (Å²) in [5, 5.41) is 12.4. The predicted octanol–water partition coefficient (Wildman–Crippen LogP) is 2.35. The molecule has 1 fully saturated rings. The average Bonchev–Trinajstić information content (AvgIpc) is 2.85. The van der Waals surface area contributed by atoms with Crippen LogP contribution < -0.4 is 10.1 Å². The number of carbonyl (C=O) groups excluding carboxylic acids is 1. The van der Waals surface area contributed by atoms with Crippen molar-refractivity contribution in [2.24, 2.45) is 5.92 Å². The molecule has 2 unspecified atom stereocenters. The lowest BCUT2D eigenvalue weighted by molar-refractivity contribution is -0.121. The Bertz CT molecular complexity index is 467. The quantitative estimate of drug-likeness (QED) is 0.846. The zero-order valence-corrected chi connectivity index (χ0v) is 12.9. The number of para-hydroxylation sites is 1. The van der Waals surface area contributed by atoms with Gasteiger partial charge in [-0.2, -0.15) is 0 Å². The molecule has 2 atom stereocenters. The van der Waals surface area contributed by atoms with Crippen LogP contribution in [0.2, 0.25) is 0 Å². The molecule has 1 aliphatic rings. The van der Waals surface area contributed by atoms with Crippen LogP contribution in [0.15, 0.2) is 18.2 Å². The maximum atomic E-state index is 11.8. The zero-order valence-electron chi connectivity index (χ0n) is 12.9. The predicted molar refractivity (Wildman–Crippen MR) is 82.4 cm³/mol. The molecule has 0 bridgehead atoms. The third-order valence-electron chi connectivity index (χ3n) is 4.09. The van der Waals surface area contributed by atoms with Crippen LogP contribution in [0.3, 0.4) is 0 Å². The van der Waals surface area contributed by atoms with Crippen LogP contribution in [-0.2, 0) is 4.79 Å². The van der Waals surface area contributed by atoms with E-state index in [1.165, 1.54) is 0 Å². The van der Waals surface area contributed by atoms with Crippen molar-refractivity contribution in [3.8, 4) is 5.75 Å². The molecule has 21 heavy (non-hydrogen) atoms. The van der Waals surface area contributed by atoms with Crippen LogP contribution in [0.5, 0.6) is 5.75 Å². The van der Waals surface area contributed by atoms with Crippen molar-refractivity contribution in [2.75, 3.05) is 13.2 Å². The molecule has 0 aliphatic heterocycles. The van der Waals surface area contributed by atoms with Gasteiger partial charge in [0.1, 0.15) is 5.75 Å². The minimum atomic E-state index is -0.181. The van der Waals surface area contributed by atoms with Gasteiger partial charge < -0.3 is 15.2 Å². The van der Waals surface area contributed by atoms with Gasteiger partial charge in [0.25, 0.3) is 0 Å². The summed E-state index contributed by atoms with van der Waals surface area (Å²) < 4.78 is 5.73. The van der Waals surface area contributed by atoms with Crippen molar-refractivity contribution >= 4 is 5.91 Å². The van der Waals surface area contributed by atoms with Gasteiger partial charge in [-0.05, 0) is 50.2 Å². The highest BCUT2D eigenvalue weighted by Crippen LogP contribution is 2.24. The molecule has 1 aromatic rings.